The summed E-state index contributed by atoms with van der Waals surface area (Å²) in [6.07, 6.45) is 2.96. The first kappa shape index (κ1) is 19.0. The highest BCUT2D eigenvalue weighted by atomic mass is 32.2. The summed E-state index contributed by atoms with van der Waals surface area (Å²) in [6, 6.07) is 4.25. The number of rotatable bonds is 5. The van der Waals surface area contributed by atoms with Crippen molar-refractivity contribution >= 4 is 25.4 Å². The molecule has 0 saturated carbocycles. The zero-order valence-electron chi connectivity index (χ0n) is 14.0. The lowest BCUT2D eigenvalue weighted by Crippen LogP contribution is -2.33. The molecule has 0 unspecified atom stereocenters. The molecule has 0 bridgehead atoms. The minimum absolute atomic E-state index is 0.00211. The van der Waals surface area contributed by atoms with Crippen molar-refractivity contribution in [2.24, 2.45) is 5.41 Å². The molecule has 1 aromatic carbocycles. The van der Waals surface area contributed by atoms with E-state index in [0.717, 1.165) is 18.9 Å². The number of anilines is 1. The molecule has 126 valence electrons. The molecule has 0 spiro atoms. The minimum atomic E-state index is -3.54. The largest absolute Gasteiger partial charge is 0.381 e. The third kappa shape index (κ3) is 4.71. The van der Waals surface area contributed by atoms with Crippen molar-refractivity contribution < 1.29 is 16.8 Å². The number of benzene rings is 1. The van der Waals surface area contributed by atoms with Crippen LogP contribution < -0.4 is 5.32 Å². The van der Waals surface area contributed by atoms with Crippen LogP contribution in [0, 0.1) is 5.41 Å². The van der Waals surface area contributed by atoms with Crippen molar-refractivity contribution in [3.8, 4) is 0 Å². The highest BCUT2D eigenvalue weighted by molar-refractivity contribution is 7.91. The second kappa shape index (κ2) is 6.20. The Hall–Kier alpha value is -1.08. The Morgan fingerprint density at radius 1 is 1.05 bits per heavy atom. The van der Waals surface area contributed by atoms with Crippen LogP contribution in [0.4, 0.5) is 5.69 Å². The molecule has 0 fully saturated rings. The summed E-state index contributed by atoms with van der Waals surface area (Å²) >= 11 is 0. The van der Waals surface area contributed by atoms with E-state index in [4.69, 9.17) is 0 Å². The maximum Gasteiger partial charge on any atom is 0.177 e. The van der Waals surface area contributed by atoms with Gasteiger partial charge in [0.05, 0.1) is 15.5 Å². The van der Waals surface area contributed by atoms with Gasteiger partial charge >= 0.3 is 0 Å². The van der Waals surface area contributed by atoms with Gasteiger partial charge < -0.3 is 5.32 Å². The molecule has 7 heteroatoms. The van der Waals surface area contributed by atoms with Crippen molar-refractivity contribution in [3.05, 3.63) is 18.2 Å². The van der Waals surface area contributed by atoms with Gasteiger partial charge in [0.25, 0.3) is 0 Å². The average molecular weight is 348 g/mol. The summed E-state index contributed by atoms with van der Waals surface area (Å²) in [6.45, 7) is 8.23. The van der Waals surface area contributed by atoms with Crippen molar-refractivity contribution in [2.75, 3.05) is 17.8 Å². The van der Waals surface area contributed by atoms with Crippen LogP contribution in [0.15, 0.2) is 28.0 Å². The Balaban J connectivity index is 3.44. The average Bonchev–Trinajstić information content (AvgIpc) is 2.32. The molecule has 0 aliphatic heterocycles. The molecule has 5 nitrogen and oxygen atoms in total. The van der Waals surface area contributed by atoms with Gasteiger partial charge in [-0.05, 0) is 30.0 Å². The van der Waals surface area contributed by atoms with Crippen molar-refractivity contribution in [1.82, 2.24) is 0 Å². The highest BCUT2D eigenvalue weighted by Gasteiger charge is 2.25. The molecule has 1 atom stereocenters. The third-order valence-corrected chi connectivity index (χ3v) is 5.81. The first-order valence-electron chi connectivity index (χ1n) is 7.07. The van der Waals surface area contributed by atoms with Crippen LogP contribution in [-0.4, -0.2) is 35.4 Å². The maximum absolute atomic E-state index is 12.0. The van der Waals surface area contributed by atoms with Gasteiger partial charge in [0.2, 0.25) is 0 Å². The number of hydrogen-bond donors (Lipinski definition) is 1. The maximum atomic E-state index is 12.0. The summed E-state index contributed by atoms with van der Waals surface area (Å²) < 4.78 is 47.3. The van der Waals surface area contributed by atoms with E-state index in [-0.39, 0.29) is 21.2 Å². The van der Waals surface area contributed by atoms with E-state index in [1.807, 2.05) is 6.92 Å². The van der Waals surface area contributed by atoms with Gasteiger partial charge in [-0.2, -0.15) is 0 Å². The van der Waals surface area contributed by atoms with Gasteiger partial charge in [-0.1, -0.05) is 27.7 Å². The van der Waals surface area contributed by atoms with E-state index in [1.54, 1.807) is 0 Å². The molecule has 0 saturated heterocycles. The van der Waals surface area contributed by atoms with Gasteiger partial charge in [0.15, 0.2) is 19.7 Å². The first-order valence-corrected chi connectivity index (χ1v) is 10.9. The van der Waals surface area contributed by atoms with E-state index in [9.17, 15) is 16.8 Å². The van der Waals surface area contributed by atoms with Crippen LogP contribution in [0.2, 0.25) is 0 Å². The molecule has 1 aromatic rings. The molecule has 0 aliphatic rings. The van der Waals surface area contributed by atoms with Crippen LogP contribution in [0.25, 0.3) is 0 Å². The van der Waals surface area contributed by atoms with Crippen molar-refractivity contribution in [1.29, 1.82) is 0 Å². The molecule has 0 radical (unpaired) electrons. The van der Waals surface area contributed by atoms with Crippen LogP contribution in [-0.2, 0) is 19.7 Å². The molecule has 0 heterocycles. The number of nitrogens with one attached hydrogen (secondary N) is 1. The van der Waals surface area contributed by atoms with Crippen molar-refractivity contribution in [2.45, 2.75) is 49.9 Å². The van der Waals surface area contributed by atoms with Crippen LogP contribution in [0.1, 0.15) is 34.1 Å². The topological polar surface area (TPSA) is 80.3 Å². The zero-order valence-corrected chi connectivity index (χ0v) is 15.6. The molecule has 22 heavy (non-hydrogen) atoms. The normalized spacial score (nSPS) is 14.6. The van der Waals surface area contributed by atoms with Gasteiger partial charge in [0, 0.05) is 18.6 Å². The molecular formula is C15H25NO4S2. The summed E-state index contributed by atoms with van der Waals surface area (Å²) in [5.41, 5.74) is 0.385. The Bertz CT molecular complexity index is 744. The molecule has 1 rings (SSSR count). The fraction of sp³-hybridized carbons (Fsp3) is 0.600. The number of hydrogen-bond acceptors (Lipinski definition) is 5. The van der Waals surface area contributed by atoms with Gasteiger partial charge in [-0.25, -0.2) is 16.8 Å². The summed E-state index contributed by atoms with van der Waals surface area (Å²) in [5.74, 6) is 0. The van der Waals surface area contributed by atoms with Crippen LogP contribution in [0.3, 0.4) is 0 Å². The highest BCUT2D eigenvalue weighted by Crippen LogP contribution is 2.30. The van der Waals surface area contributed by atoms with Crippen molar-refractivity contribution in [3.63, 3.8) is 0 Å². The first-order chi connectivity index (χ1) is 9.76. The molecule has 0 aliphatic carbocycles. The van der Waals surface area contributed by atoms with E-state index in [0.29, 0.717) is 5.69 Å². The molecular weight excluding hydrogens is 322 g/mol. The fourth-order valence-corrected chi connectivity index (χ4v) is 3.87. The summed E-state index contributed by atoms with van der Waals surface area (Å²) in [5, 5.41) is 3.25. The van der Waals surface area contributed by atoms with Crippen LogP contribution >= 0.6 is 0 Å². The quantitative estimate of drug-likeness (QED) is 0.886. The monoisotopic (exact) mass is 347 g/mol. The predicted molar refractivity (Wildman–Crippen MR) is 89.8 cm³/mol. The lowest BCUT2D eigenvalue weighted by Gasteiger charge is -2.32. The third-order valence-electron chi connectivity index (χ3n) is 3.56. The minimum Gasteiger partial charge on any atom is -0.381 e. The van der Waals surface area contributed by atoms with E-state index < -0.39 is 19.7 Å². The van der Waals surface area contributed by atoms with E-state index in [2.05, 4.69) is 26.1 Å². The van der Waals surface area contributed by atoms with Crippen LogP contribution in [0.5, 0.6) is 0 Å². The fourth-order valence-electron chi connectivity index (χ4n) is 2.28. The Morgan fingerprint density at radius 3 is 1.95 bits per heavy atom. The zero-order chi connectivity index (χ0) is 17.3. The van der Waals surface area contributed by atoms with E-state index in [1.165, 1.54) is 18.2 Å². The SMILES string of the molecule is CC[C@@H](Nc1ccc(S(C)(=O)=O)cc1S(C)(=O)=O)C(C)(C)C. The molecule has 0 amide bonds. The molecule has 0 aromatic heterocycles. The lowest BCUT2D eigenvalue weighted by atomic mass is 9.85. The summed E-state index contributed by atoms with van der Waals surface area (Å²) in [7, 11) is -7.00. The second-order valence-corrected chi connectivity index (χ2v) is 10.7. The standard InChI is InChI=1S/C15H25NO4S2/c1-7-14(15(2,3)4)16-12-9-8-11(21(5,17)18)10-13(12)22(6,19)20/h8-10,14,16H,7H2,1-6H3/t14-/m1/s1. The number of sulfone groups is 2. The predicted octanol–water partition coefficient (Wildman–Crippen LogP) is 2.73. The summed E-state index contributed by atoms with van der Waals surface area (Å²) in [4.78, 5) is 0.0143. The Labute approximate surface area is 134 Å². The van der Waals surface area contributed by atoms with Gasteiger partial charge in [-0.15, -0.1) is 0 Å². The molecule has 1 N–H and O–H groups in total. The smallest absolute Gasteiger partial charge is 0.177 e. The second-order valence-electron chi connectivity index (χ2n) is 6.67. The van der Waals surface area contributed by atoms with E-state index >= 15 is 0 Å². The van der Waals surface area contributed by atoms with Gasteiger partial charge in [-0.3, -0.25) is 0 Å². The Morgan fingerprint density at radius 2 is 1.59 bits per heavy atom. The van der Waals surface area contributed by atoms with Gasteiger partial charge in [0.1, 0.15) is 0 Å². The Kier molecular flexibility index (Phi) is 5.34. The lowest BCUT2D eigenvalue weighted by molar-refractivity contribution is 0.333.